The van der Waals surface area contributed by atoms with E-state index in [0.717, 1.165) is 47.1 Å². The maximum atomic E-state index is 15.2. The molecule has 0 radical (unpaired) electrons. The highest BCUT2D eigenvalue weighted by Crippen LogP contribution is 2.38. The number of aliphatic hydroxyl groups is 5. The third-order valence-corrected chi connectivity index (χ3v) is 27.4. The predicted octanol–water partition coefficient (Wildman–Crippen LogP) is 16.2. The van der Waals surface area contributed by atoms with Gasteiger partial charge in [-0.25, -0.2) is 40.5 Å². The van der Waals surface area contributed by atoms with Crippen molar-refractivity contribution in [1.29, 1.82) is 0 Å². The SMILES string of the molecule is CC(=O)Nc1cccc(-n2c(=O)n(C3CC3)c(=O)c3c(Cc4ccc(I)cc4F)n(C)c(=O)c(C)c32)c1.Cn1cnc2c(F)c(Cc3ccc(Br)cc3Cl)c(C(=O)COCCO)cc21.O=C(COCCO)c1oc2ccncc2c1Cc1ccc(I)cc1F.O=C(NC[C@H](O)CO)c1ccncc1Cc1ccc(I)cc1F.O=C(c1ccc(F)c(F)c1Cc1ccc(I)cc1F)N1CC(O)([C@@H]2CCCCN2)C1. The Morgan fingerprint density at radius 1 is 0.634 bits per heavy atom. The quantitative estimate of drug-likeness (QED) is 0.00934. The number of ketones is 2. The molecular weight excluding hydrogens is 2390 g/mol. The number of rotatable bonds is 29. The number of aliphatic hydroxyl groups excluding tert-OH is 4. The lowest BCUT2D eigenvalue weighted by molar-refractivity contribution is -0.114. The van der Waals surface area contributed by atoms with Crippen LogP contribution in [-0.4, -0.2) is 183 Å². The van der Waals surface area contributed by atoms with Crippen molar-refractivity contribution in [3.63, 3.8) is 0 Å². The molecule has 8 aromatic carbocycles. The highest BCUT2D eigenvalue weighted by molar-refractivity contribution is 14.1. The number of pyridine rings is 3. The number of hydrogen-bond donors (Lipinski definition) is 8. The second kappa shape index (κ2) is 49.5. The number of nitrogens with one attached hydrogen (secondary N) is 3. The molecular formula is C102H94BrClF7I4N11O16. The van der Waals surface area contributed by atoms with Gasteiger partial charge >= 0.3 is 5.69 Å². The summed E-state index contributed by atoms with van der Waals surface area (Å²) in [6.45, 7) is 2.83. The van der Waals surface area contributed by atoms with E-state index in [2.05, 4.69) is 46.8 Å². The molecule has 8 heterocycles. The number of halogens is 13. The fourth-order valence-corrected chi connectivity index (χ4v) is 19.0. The third kappa shape index (κ3) is 26.5. The summed E-state index contributed by atoms with van der Waals surface area (Å²) in [5, 5.41) is 56.3. The number of Topliss-reactive ketones (excluding diaryl/α,β-unsaturated/α-hetero) is 2. The fourth-order valence-electron chi connectivity index (χ4n) is 16.5. The number of imidazole rings is 1. The van der Waals surface area contributed by atoms with Gasteiger partial charge in [0.2, 0.25) is 11.7 Å². The molecule has 0 unspecified atom stereocenters. The average Bonchev–Trinajstić information content (AvgIpc) is 1.25. The number of amides is 3. The molecule has 3 aliphatic rings. The van der Waals surface area contributed by atoms with E-state index in [-0.39, 0.29) is 194 Å². The minimum Gasteiger partial charge on any atom is -0.452 e. The normalized spacial score (nSPS) is 13.9. The van der Waals surface area contributed by atoms with Gasteiger partial charge in [0.05, 0.1) is 80.7 Å². The highest BCUT2D eigenvalue weighted by atomic mass is 127. The Hall–Kier alpha value is -10.4. The Bertz CT molecular complexity index is 7300. The van der Waals surface area contributed by atoms with Crippen molar-refractivity contribution < 1.29 is 94.1 Å². The van der Waals surface area contributed by atoms with E-state index in [0.29, 0.717) is 93.9 Å². The zero-order chi connectivity index (χ0) is 102. The van der Waals surface area contributed by atoms with Crippen LogP contribution in [0.4, 0.5) is 36.4 Å². The van der Waals surface area contributed by atoms with Gasteiger partial charge in [0.1, 0.15) is 53.2 Å². The number of β-amino-alcohol motifs (C(OH)–C–C–N with tert-alkyl or cyclic N) is 1. The van der Waals surface area contributed by atoms with Crippen molar-refractivity contribution in [2.45, 2.75) is 102 Å². The second-order valence-corrected chi connectivity index (χ2v) is 40.1. The van der Waals surface area contributed by atoms with Gasteiger partial charge in [0, 0.05) is 176 Å². The summed E-state index contributed by atoms with van der Waals surface area (Å²) in [6.07, 6.45) is 11.3. The van der Waals surface area contributed by atoms with Crippen LogP contribution in [0.3, 0.4) is 0 Å². The Morgan fingerprint density at radius 2 is 1.21 bits per heavy atom. The molecule has 2 saturated heterocycles. The number of ether oxygens (including phenoxy) is 2. The van der Waals surface area contributed by atoms with Gasteiger partial charge in [-0.15, -0.1) is 0 Å². The first kappa shape index (κ1) is 109. The molecule has 2 atom stereocenters. The lowest BCUT2D eigenvalue weighted by Crippen LogP contribution is -2.72. The summed E-state index contributed by atoms with van der Waals surface area (Å²) in [4.78, 5) is 117. The molecule has 40 heteroatoms. The smallest absolute Gasteiger partial charge is 0.336 e. The monoisotopic (exact) mass is 2480 g/mol. The van der Waals surface area contributed by atoms with Crippen LogP contribution >= 0.6 is 118 Å². The van der Waals surface area contributed by atoms with E-state index in [1.54, 1.807) is 129 Å². The van der Waals surface area contributed by atoms with E-state index in [1.165, 1.54) is 80.6 Å². The zero-order valence-corrected chi connectivity index (χ0v) is 87.5. The standard InChI is InChI=1S/C27H24FIN4O4.C22H22F3IN2O2.C19H17BrClFN2O3.C18H15FINO4.C16H16FIN2O3/c1-14-24-23(22(31(3)25(14)35)11-16-7-8-17(29)12-21(16)28)26(36)33(19-9-10-19)27(37)32(24)20-6-4-5-18(13-20)30-15(2)34;23-17-7-6-15(16(20(17)25)9-13-4-5-14(26)10-18(13)24)21(29)28-11-22(30,12-28)19-3-1-2-8-27-19;1-24-10-23-19-16(24)8-13(17(26)9-27-5-4-25)14(18(19)22)6-11-2-3-12(20)7-15(11)21;19-15-8-12(20)2-1-11(15)7-13-14-9-21-4-3-17(14)25-18(13)16(23)10-24-6-5-22;17-15-6-12(18)2-1-10(15)5-11-7-19-4-3-14(11)16(23)20-8-13(22)9-21/h4-8,12-13,19H,9-11H2,1-3H3,(H,30,34);4-7,10,19,27,30H,1-3,8-9,11-12H2;2-3,7-8,10,25H,4-6,9H2,1H3;1-4,8-9,22H,5-7,10H2;1-4,6-7,13,21-22H,5,8-9H2,(H,20,23)/t;19-;;;13-/m.0..0/s1. The van der Waals surface area contributed by atoms with Gasteiger partial charge in [0.25, 0.3) is 22.9 Å². The van der Waals surface area contributed by atoms with Gasteiger partial charge in [-0.3, -0.25) is 52.7 Å². The molecule has 27 nitrogen and oxygen atoms in total. The molecule has 0 bridgehead atoms. The molecule has 14 aromatic rings. The van der Waals surface area contributed by atoms with E-state index < -0.39 is 70.5 Å². The van der Waals surface area contributed by atoms with Crippen LogP contribution in [0, 0.1) is 61.9 Å². The third-order valence-electron chi connectivity index (χ3n) is 23.8. The van der Waals surface area contributed by atoms with Gasteiger partial charge in [-0.2, -0.15) is 0 Å². The average molecular weight is 2490 g/mol. The molecule has 0 spiro atoms. The second-order valence-electron chi connectivity index (χ2n) is 33.8. The molecule has 1 aliphatic carbocycles. The molecule has 17 rings (SSSR count). The molecule has 3 amide bonds. The lowest BCUT2D eigenvalue weighted by Gasteiger charge is -2.51. The van der Waals surface area contributed by atoms with Crippen LogP contribution in [0.15, 0.2) is 200 Å². The lowest BCUT2D eigenvalue weighted by atomic mass is 9.81. The number of nitrogens with zero attached hydrogens (tertiary/aromatic N) is 8. The number of aryl methyl sites for hydroxylation is 2. The number of benzene rings is 8. The van der Waals surface area contributed by atoms with Crippen LogP contribution < -0.4 is 32.8 Å². The maximum Gasteiger partial charge on any atom is 0.336 e. The molecule has 8 N–H and O–H groups in total. The van der Waals surface area contributed by atoms with Crippen molar-refractivity contribution in [2.24, 2.45) is 14.1 Å². The minimum absolute atomic E-state index is 0.00465. The number of carbonyl (C=O) groups is 5. The highest BCUT2D eigenvalue weighted by Gasteiger charge is 2.50. The zero-order valence-electron chi connectivity index (χ0n) is 76.5. The number of furan rings is 1. The number of aromatic nitrogens is 7. The summed E-state index contributed by atoms with van der Waals surface area (Å²) >= 11 is 17.7. The van der Waals surface area contributed by atoms with Crippen LogP contribution in [-0.2, 0) is 60.5 Å². The largest absolute Gasteiger partial charge is 0.452 e. The van der Waals surface area contributed by atoms with Crippen molar-refractivity contribution in [2.75, 3.05) is 77.7 Å². The minimum atomic E-state index is -1.15. The first-order valence-corrected chi connectivity index (χ1v) is 50.0. The Balaban J connectivity index is 0.000000151. The summed E-state index contributed by atoms with van der Waals surface area (Å²) in [7, 11) is 3.29. The summed E-state index contributed by atoms with van der Waals surface area (Å²) in [5.74, 6) is -6.17. The van der Waals surface area contributed by atoms with Crippen molar-refractivity contribution >= 4 is 186 Å². The molecule has 2 aliphatic heterocycles. The van der Waals surface area contributed by atoms with Crippen LogP contribution in [0.25, 0.3) is 38.6 Å². The first-order valence-electron chi connectivity index (χ1n) is 44.5. The van der Waals surface area contributed by atoms with Gasteiger partial charge in [-0.1, -0.05) is 70.3 Å². The Labute approximate surface area is 876 Å². The number of carbonyl (C=O) groups excluding carboxylic acids is 5. The van der Waals surface area contributed by atoms with Crippen LogP contribution in [0.2, 0.25) is 5.02 Å². The van der Waals surface area contributed by atoms with Crippen molar-refractivity contribution in [3.05, 3.63) is 356 Å². The summed E-state index contributed by atoms with van der Waals surface area (Å²) in [6, 6.07) is 37.8. The number of anilines is 1. The van der Waals surface area contributed by atoms with E-state index in [9.17, 15) is 74.9 Å². The number of likely N-dealkylation sites (tertiary alicyclic amines) is 1. The van der Waals surface area contributed by atoms with E-state index in [1.807, 2.05) is 102 Å². The van der Waals surface area contributed by atoms with Gasteiger partial charge in [-0.05, 0) is 272 Å². The van der Waals surface area contributed by atoms with Crippen molar-refractivity contribution in [3.8, 4) is 5.69 Å². The van der Waals surface area contributed by atoms with Crippen molar-refractivity contribution in [1.82, 2.24) is 48.8 Å². The van der Waals surface area contributed by atoms with Crippen LogP contribution in [0.5, 0.6) is 0 Å². The van der Waals surface area contributed by atoms with Gasteiger partial charge in [0.15, 0.2) is 29.0 Å². The van der Waals surface area contributed by atoms with Crippen LogP contribution in [0.1, 0.15) is 148 Å². The predicted molar refractivity (Wildman–Crippen MR) is 558 cm³/mol. The van der Waals surface area contributed by atoms with Gasteiger partial charge < -0.3 is 69.4 Å². The molecule has 1 saturated carbocycles. The molecule has 744 valence electrons. The topological polar surface area (TPSA) is 367 Å². The molecule has 3 fully saturated rings. The van der Waals surface area contributed by atoms with E-state index >= 15 is 4.39 Å². The Morgan fingerprint density at radius 3 is 1.80 bits per heavy atom. The first-order chi connectivity index (χ1) is 67.9. The summed E-state index contributed by atoms with van der Waals surface area (Å²) in [5.41, 5.74) is 4.36. The number of fused-ring (bicyclic) bond motifs is 3. The number of hydrogen-bond acceptors (Lipinski definition) is 20. The maximum absolute atomic E-state index is 15.2. The number of piperidine rings is 1. The van der Waals surface area contributed by atoms with E-state index in [4.69, 9.17) is 40.8 Å². The fraction of sp³-hybridized carbons (Fsp3) is 0.284. The molecule has 6 aromatic heterocycles. The summed E-state index contributed by atoms with van der Waals surface area (Å²) < 4.78 is 126. The molecule has 142 heavy (non-hydrogen) atoms. The Kier molecular flexibility index (Phi) is 37.9.